The summed E-state index contributed by atoms with van der Waals surface area (Å²) in [6.07, 6.45) is 0.0956. The molecule has 2 rings (SSSR count). The first-order chi connectivity index (χ1) is 10.2. The Bertz CT molecular complexity index is 601. The number of hydrogen-bond acceptors (Lipinski definition) is 6. The number of anilines is 1. The van der Waals surface area contributed by atoms with E-state index in [-0.39, 0.29) is 18.9 Å². The van der Waals surface area contributed by atoms with Crippen LogP contribution >= 0.6 is 11.3 Å². The van der Waals surface area contributed by atoms with Gasteiger partial charge in [0.15, 0.2) is 0 Å². The molecule has 1 aromatic heterocycles. The van der Waals surface area contributed by atoms with E-state index in [0.717, 1.165) is 0 Å². The number of ether oxygens (including phenoxy) is 2. The van der Waals surface area contributed by atoms with Crippen LogP contribution in [0.5, 0.6) is 0 Å². The molecule has 0 aromatic carbocycles. The largest absolute Gasteiger partial charge is 0.469 e. The maximum atomic E-state index is 12.2. The standard InChI is InChI=1S/C15H19NO5S/c1-15(2,3)21-14(19)10-5-6-22-12(10)16-8-9(7-11(16)17)13(18)20-4/h5-6,9H,7-8H2,1-4H3. The van der Waals surface area contributed by atoms with Crippen molar-refractivity contribution in [1.29, 1.82) is 0 Å². The van der Waals surface area contributed by atoms with Crippen molar-refractivity contribution in [1.82, 2.24) is 0 Å². The van der Waals surface area contributed by atoms with E-state index in [4.69, 9.17) is 4.74 Å². The van der Waals surface area contributed by atoms with E-state index in [1.165, 1.54) is 23.3 Å². The van der Waals surface area contributed by atoms with Gasteiger partial charge in [-0.1, -0.05) is 0 Å². The zero-order valence-electron chi connectivity index (χ0n) is 13.0. The van der Waals surface area contributed by atoms with E-state index < -0.39 is 23.5 Å². The molecule has 2 heterocycles. The highest BCUT2D eigenvalue weighted by molar-refractivity contribution is 7.14. The highest BCUT2D eigenvalue weighted by Crippen LogP contribution is 2.34. The Morgan fingerprint density at radius 2 is 2.05 bits per heavy atom. The molecular weight excluding hydrogens is 306 g/mol. The molecule has 1 aliphatic rings. The first kappa shape index (κ1) is 16.5. The highest BCUT2D eigenvalue weighted by Gasteiger charge is 2.38. The maximum Gasteiger partial charge on any atom is 0.341 e. The zero-order chi connectivity index (χ0) is 16.5. The van der Waals surface area contributed by atoms with Crippen LogP contribution in [0.1, 0.15) is 37.6 Å². The Kier molecular flexibility index (Phi) is 4.55. The van der Waals surface area contributed by atoms with E-state index in [2.05, 4.69) is 4.74 Å². The minimum absolute atomic E-state index is 0.0956. The molecule has 1 unspecified atom stereocenters. The van der Waals surface area contributed by atoms with Gasteiger partial charge in [0.25, 0.3) is 0 Å². The van der Waals surface area contributed by atoms with Gasteiger partial charge in [-0.25, -0.2) is 4.79 Å². The molecule has 0 radical (unpaired) electrons. The van der Waals surface area contributed by atoms with Crippen LogP contribution in [-0.4, -0.2) is 37.1 Å². The SMILES string of the molecule is COC(=O)C1CC(=O)N(c2sccc2C(=O)OC(C)(C)C)C1. The summed E-state index contributed by atoms with van der Waals surface area (Å²) in [4.78, 5) is 37.4. The fraction of sp³-hybridized carbons (Fsp3) is 0.533. The average Bonchev–Trinajstić information content (AvgIpc) is 3.01. The van der Waals surface area contributed by atoms with Crippen LogP contribution < -0.4 is 4.90 Å². The summed E-state index contributed by atoms with van der Waals surface area (Å²) in [7, 11) is 1.30. The molecule has 1 atom stereocenters. The number of amides is 1. The van der Waals surface area contributed by atoms with E-state index >= 15 is 0 Å². The van der Waals surface area contributed by atoms with Gasteiger partial charge < -0.3 is 14.4 Å². The van der Waals surface area contributed by atoms with Crippen LogP contribution in [0, 0.1) is 5.92 Å². The van der Waals surface area contributed by atoms with Crippen molar-refractivity contribution in [3.05, 3.63) is 17.0 Å². The first-order valence-electron chi connectivity index (χ1n) is 6.92. The summed E-state index contributed by atoms with van der Waals surface area (Å²) < 4.78 is 10.0. The second-order valence-corrected chi connectivity index (χ2v) is 6.96. The van der Waals surface area contributed by atoms with Crippen molar-refractivity contribution in [3.8, 4) is 0 Å². The van der Waals surface area contributed by atoms with Crippen LogP contribution in [-0.2, 0) is 19.1 Å². The monoisotopic (exact) mass is 325 g/mol. The molecule has 0 saturated carbocycles. The third kappa shape index (κ3) is 3.47. The quantitative estimate of drug-likeness (QED) is 0.797. The lowest BCUT2D eigenvalue weighted by molar-refractivity contribution is -0.145. The van der Waals surface area contributed by atoms with Gasteiger partial charge in [-0.05, 0) is 32.2 Å². The van der Waals surface area contributed by atoms with Crippen molar-refractivity contribution in [2.75, 3.05) is 18.6 Å². The zero-order valence-corrected chi connectivity index (χ0v) is 13.9. The summed E-state index contributed by atoms with van der Waals surface area (Å²) in [6.45, 7) is 5.57. The number of thiophene rings is 1. The van der Waals surface area contributed by atoms with Gasteiger partial charge in [0.2, 0.25) is 5.91 Å². The van der Waals surface area contributed by atoms with Crippen LogP contribution in [0.25, 0.3) is 0 Å². The average molecular weight is 325 g/mol. The predicted octanol–water partition coefficient (Wildman–Crippen LogP) is 2.23. The second kappa shape index (κ2) is 6.08. The third-order valence-electron chi connectivity index (χ3n) is 3.17. The smallest absolute Gasteiger partial charge is 0.341 e. The van der Waals surface area contributed by atoms with Crippen LogP contribution in [0.3, 0.4) is 0 Å². The van der Waals surface area contributed by atoms with E-state index in [1.54, 1.807) is 32.2 Å². The van der Waals surface area contributed by atoms with Crippen LogP contribution in [0.2, 0.25) is 0 Å². The van der Waals surface area contributed by atoms with E-state index in [0.29, 0.717) is 10.6 Å². The Morgan fingerprint density at radius 3 is 2.64 bits per heavy atom. The fourth-order valence-corrected chi connectivity index (χ4v) is 3.14. The van der Waals surface area contributed by atoms with Crippen molar-refractivity contribution >= 4 is 34.2 Å². The molecule has 22 heavy (non-hydrogen) atoms. The minimum Gasteiger partial charge on any atom is -0.469 e. The number of rotatable bonds is 3. The van der Waals surface area contributed by atoms with Crippen molar-refractivity contribution in [2.24, 2.45) is 5.92 Å². The molecule has 0 bridgehead atoms. The number of nitrogens with zero attached hydrogens (tertiary/aromatic N) is 1. The summed E-state index contributed by atoms with van der Waals surface area (Å²) in [5, 5.41) is 2.25. The molecule has 7 heteroatoms. The Balaban J connectivity index is 2.21. The van der Waals surface area contributed by atoms with E-state index in [1.807, 2.05) is 0 Å². The molecule has 1 saturated heterocycles. The van der Waals surface area contributed by atoms with Gasteiger partial charge in [0.05, 0.1) is 18.6 Å². The molecule has 1 aromatic rings. The van der Waals surface area contributed by atoms with Gasteiger partial charge in [-0.15, -0.1) is 11.3 Å². The Hall–Kier alpha value is -1.89. The number of methoxy groups -OCH3 is 1. The Morgan fingerprint density at radius 1 is 1.36 bits per heavy atom. The van der Waals surface area contributed by atoms with Crippen molar-refractivity contribution in [3.63, 3.8) is 0 Å². The minimum atomic E-state index is -0.611. The van der Waals surface area contributed by atoms with Gasteiger partial charge >= 0.3 is 11.9 Å². The van der Waals surface area contributed by atoms with Gasteiger partial charge in [-0.3, -0.25) is 9.59 Å². The summed E-state index contributed by atoms with van der Waals surface area (Å²) in [5.74, 6) is -1.57. The number of carbonyl (C=O) groups is 3. The van der Waals surface area contributed by atoms with Gasteiger partial charge in [-0.2, -0.15) is 0 Å². The summed E-state index contributed by atoms with van der Waals surface area (Å²) in [6, 6.07) is 1.63. The van der Waals surface area contributed by atoms with Crippen LogP contribution in [0.15, 0.2) is 11.4 Å². The molecule has 6 nitrogen and oxygen atoms in total. The molecule has 0 N–H and O–H groups in total. The molecule has 1 amide bonds. The van der Waals surface area contributed by atoms with Crippen molar-refractivity contribution in [2.45, 2.75) is 32.8 Å². The topological polar surface area (TPSA) is 72.9 Å². The third-order valence-corrected chi connectivity index (χ3v) is 4.10. The first-order valence-corrected chi connectivity index (χ1v) is 7.80. The van der Waals surface area contributed by atoms with E-state index in [9.17, 15) is 14.4 Å². The van der Waals surface area contributed by atoms with Crippen molar-refractivity contribution < 1.29 is 23.9 Å². The summed E-state index contributed by atoms with van der Waals surface area (Å²) in [5.41, 5.74) is -0.265. The summed E-state index contributed by atoms with van der Waals surface area (Å²) >= 11 is 1.28. The maximum absolute atomic E-state index is 12.2. The number of hydrogen-bond donors (Lipinski definition) is 0. The molecular formula is C15H19NO5S. The normalized spacial score (nSPS) is 18.5. The van der Waals surface area contributed by atoms with Gasteiger partial charge in [0, 0.05) is 13.0 Å². The molecule has 0 spiro atoms. The lowest BCUT2D eigenvalue weighted by atomic mass is 10.1. The lowest BCUT2D eigenvalue weighted by Crippen LogP contribution is -2.28. The molecule has 1 fully saturated rings. The molecule has 0 aliphatic carbocycles. The number of esters is 2. The highest BCUT2D eigenvalue weighted by atomic mass is 32.1. The number of carbonyl (C=O) groups excluding carboxylic acids is 3. The molecule has 120 valence electrons. The fourth-order valence-electron chi connectivity index (χ4n) is 2.23. The predicted molar refractivity (Wildman–Crippen MR) is 82.0 cm³/mol. The van der Waals surface area contributed by atoms with Gasteiger partial charge in [0.1, 0.15) is 10.6 Å². The second-order valence-electron chi connectivity index (χ2n) is 6.07. The Labute approximate surface area is 133 Å². The lowest BCUT2D eigenvalue weighted by Gasteiger charge is -2.21. The molecule has 1 aliphatic heterocycles. The van der Waals surface area contributed by atoms with Crippen LogP contribution in [0.4, 0.5) is 5.00 Å².